The number of carbonyl (C=O) groups excluding carboxylic acids is 4. The van der Waals surface area contributed by atoms with E-state index in [1.165, 1.54) is 0 Å². The van der Waals surface area contributed by atoms with Gasteiger partial charge >= 0.3 is 0 Å². The van der Waals surface area contributed by atoms with Crippen molar-refractivity contribution >= 4 is 29.8 Å². The van der Waals surface area contributed by atoms with Gasteiger partial charge in [0.2, 0.25) is 24.1 Å². The van der Waals surface area contributed by atoms with E-state index >= 15 is 0 Å². The van der Waals surface area contributed by atoms with E-state index in [0.29, 0.717) is 56.4 Å². The fraction of sp³-hybridized carbons (Fsp3) is 0.655. The molecule has 1 aliphatic carbocycles. The second kappa shape index (κ2) is 11.9. The number of benzene rings is 1. The van der Waals surface area contributed by atoms with Crippen molar-refractivity contribution in [3.63, 3.8) is 0 Å². The zero-order valence-electron chi connectivity index (χ0n) is 23.4. The molecule has 39 heavy (non-hydrogen) atoms. The predicted molar refractivity (Wildman–Crippen MR) is 146 cm³/mol. The van der Waals surface area contributed by atoms with Crippen molar-refractivity contribution in [3.05, 3.63) is 30.3 Å². The molecular formula is C29H43N5O5. The summed E-state index contributed by atoms with van der Waals surface area (Å²) in [7, 11) is 0. The molecule has 1 saturated carbocycles. The normalized spacial score (nSPS) is 21.0. The summed E-state index contributed by atoms with van der Waals surface area (Å²) in [5.41, 5.74) is -0.300. The predicted octanol–water partition coefficient (Wildman–Crippen LogP) is 2.52. The number of amides is 4. The fourth-order valence-corrected chi connectivity index (χ4v) is 6.40. The lowest BCUT2D eigenvalue weighted by Crippen LogP contribution is -2.61. The second-order valence-corrected chi connectivity index (χ2v) is 12.4. The molecule has 0 aromatic heterocycles. The van der Waals surface area contributed by atoms with Crippen LogP contribution in [0.1, 0.15) is 65.7 Å². The molecule has 2 saturated heterocycles. The van der Waals surface area contributed by atoms with E-state index in [1.54, 1.807) is 4.90 Å². The van der Waals surface area contributed by atoms with Crippen molar-refractivity contribution in [1.82, 2.24) is 20.6 Å². The molecule has 1 aromatic rings. The summed E-state index contributed by atoms with van der Waals surface area (Å²) < 4.78 is 0. The molecule has 0 unspecified atom stereocenters. The number of anilines is 1. The van der Waals surface area contributed by atoms with Gasteiger partial charge in [-0.1, -0.05) is 64.7 Å². The summed E-state index contributed by atoms with van der Waals surface area (Å²) in [6.45, 7) is 6.88. The third-order valence-electron chi connectivity index (χ3n) is 8.70. The summed E-state index contributed by atoms with van der Waals surface area (Å²) in [4.78, 5) is 55.3. The first-order valence-electron chi connectivity index (χ1n) is 14.2. The van der Waals surface area contributed by atoms with Crippen molar-refractivity contribution in [1.29, 1.82) is 0 Å². The van der Waals surface area contributed by atoms with Gasteiger partial charge in [0.25, 0.3) is 0 Å². The first-order chi connectivity index (χ1) is 18.5. The minimum absolute atomic E-state index is 0.0161. The molecule has 214 valence electrons. The third kappa shape index (κ3) is 6.37. The van der Waals surface area contributed by atoms with Gasteiger partial charge in [0.1, 0.15) is 11.6 Å². The fourth-order valence-electron chi connectivity index (χ4n) is 6.40. The minimum Gasteiger partial charge on any atom is -0.344 e. The Bertz CT molecular complexity index is 1030. The highest BCUT2D eigenvalue weighted by atomic mass is 16.5. The Morgan fingerprint density at radius 1 is 1.18 bits per heavy atom. The van der Waals surface area contributed by atoms with Gasteiger partial charge in [-0.3, -0.25) is 24.4 Å². The van der Waals surface area contributed by atoms with Crippen LogP contribution in [0.25, 0.3) is 0 Å². The molecule has 0 radical (unpaired) electrons. The highest BCUT2D eigenvalue weighted by Crippen LogP contribution is 2.37. The van der Waals surface area contributed by atoms with Crippen LogP contribution in [0.3, 0.4) is 0 Å². The van der Waals surface area contributed by atoms with Crippen LogP contribution in [0.2, 0.25) is 0 Å². The molecule has 3 N–H and O–H groups in total. The summed E-state index contributed by atoms with van der Waals surface area (Å²) >= 11 is 0. The Morgan fingerprint density at radius 3 is 2.41 bits per heavy atom. The second-order valence-electron chi connectivity index (χ2n) is 12.4. The van der Waals surface area contributed by atoms with Gasteiger partial charge in [-0.2, -0.15) is 0 Å². The Balaban J connectivity index is 1.45. The Labute approximate surface area is 231 Å². The molecular weight excluding hydrogens is 498 g/mol. The van der Waals surface area contributed by atoms with Gasteiger partial charge in [0, 0.05) is 18.8 Å². The van der Waals surface area contributed by atoms with Crippen molar-refractivity contribution < 1.29 is 24.4 Å². The lowest BCUT2D eigenvalue weighted by molar-refractivity contribution is -0.156. The Kier molecular flexibility index (Phi) is 8.83. The largest absolute Gasteiger partial charge is 0.344 e. The number of nitrogens with zero attached hydrogens (tertiary/aromatic N) is 3. The Hall–Kier alpha value is -3.14. The van der Waals surface area contributed by atoms with Crippen LogP contribution in [-0.2, 0) is 19.2 Å². The van der Waals surface area contributed by atoms with Crippen molar-refractivity contribution in [2.75, 3.05) is 31.2 Å². The zero-order valence-corrected chi connectivity index (χ0v) is 23.4. The number of rotatable bonds is 9. The molecule has 3 fully saturated rings. The number of hydrogen-bond acceptors (Lipinski definition) is 6. The van der Waals surface area contributed by atoms with Crippen LogP contribution in [-0.4, -0.2) is 77.2 Å². The quantitative estimate of drug-likeness (QED) is 0.251. The van der Waals surface area contributed by atoms with Gasteiger partial charge in [0.05, 0.1) is 19.1 Å². The molecule has 2 heterocycles. The number of piperidine rings is 1. The molecule has 1 spiro atoms. The zero-order chi connectivity index (χ0) is 28.2. The number of likely N-dealkylation sites (tertiary alicyclic amines) is 1. The maximum atomic E-state index is 13.8. The first-order valence-corrected chi connectivity index (χ1v) is 14.2. The molecule has 4 rings (SSSR count). The summed E-state index contributed by atoms with van der Waals surface area (Å²) in [6, 6.07) is 9.05. The van der Waals surface area contributed by atoms with Crippen molar-refractivity contribution in [2.45, 2.75) is 77.3 Å². The topological polar surface area (TPSA) is 122 Å². The number of carbonyl (C=O) groups is 4. The van der Waals surface area contributed by atoms with Crippen molar-refractivity contribution in [3.8, 4) is 0 Å². The van der Waals surface area contributed by atoms with Crippen LogP contribution in [0.15, 0.2) is 30.3 Å². The monoisotopic (exact) mass is 541 g/mol. The summed E-state index contributed by atoms with van der Waals surface area (Å²) in [5.74, 6) is -0.751. The molecule has 1 aromatic carbocycles. The van der Waals surface area contributed by atoms with Crippen LogP contribution in [0.5, 0.6) is 0 Å². The van der Waals surface area contributed by atoms with E-state index in [9.17, 15) is 24.4 Å². The Morgan fingerprint density at radius 2 is 1.82 bits per heavy atom. The molecule has 3 aliphatic rings. The number of nitrogens with one attached hydrogen (secondary N) is 2. The molecule has 4 amide bonds. The average Bonchev–Trinajstić information content (AvgIpc) is 3.54. The lowest BCUT2D eigenvalue weighted by atomic mass is 9.82. The third-order valence-corrected chi connectivity index (χ3v) is 8.70. The van der Waals surface area contributed by atoms with E-state index in [4.69, 9.17) is 0 Å². The number of hydrogen-bond donors (Lipinski definition) is 3. The number of hydroxylamine groups is 2. The van der Waals surface area contributed by atoms with E-state index in [-0.39, 0.29) is 24.3 Å². The average molecular weight is 542 g/mol. The summed E-state index contributed by atoms with van der Waals surface area (Å²) in [6.07, 6.45) is 6.16. The SMILES string of the molecule is CC(C)(C)[C@H](NC(=O)[C@H](CC1CCCC1)CN(O)C=O)C(=O)N1CCC2(CC1)C(=O)NCN2c1ccccc1. The standard InChI is InChI=1S/C29H43N5O5/c1-28(2,3)24(31-25(36)22(18-33(39)20-35)17-21-9-7-8-10-21)26(37)32-15-13-29(14-16-32)27(38)30-19-34(29)23-11-5-4-6-12-23/h4-6,11-12,20-22,24,39H,7-10,13-19H2,1-3H3,(H,30,38)(H,31,36)/t22-,24-/m1/s1. The smallest absolute Gasteiger partial charge is 0.247 e. The summed E-state index contributed by atoms with van der Waals surface area (Å²) in [5, 5.41) is 16.3. The van der Waals surface area contributed by atoms with E-state index in [0.717, 1.165) is 31.4 Å². The van der Waals surface area contributed by atoms with Gasteiger partial charge < -0.3 is 20.4 Å². The van der Waals surface area contributed by atoms with Gasteiger partial charge in [-0.15, -0.1) is 0 Å². The molecule has 2 atom stereocenters. The molecule has 2 aliphatic heterocycles. The van der Waals surface area contributed by atoms with E-state index < -0.39 is 22.9 Å². The first kappa shape index (κ1) is 28.9. The maximum Gasteiger partial charge on any atom is 0.247 e. The van der Waals surface area contributed by atoms with Crippen LogP contribution < -0.4 is 15.5 Å². The number of para-hydroxylation sites is 1. The van der Waals surface area contributed by atoms with Gasteiger partial charge in [-0.05, 0) is 42.7 Å². The minimum atomic E-state index is -0.781. The molecule has 0 bridgehead atoms. The highest BCUT2D eigenvalue weighted by Gasteiger charge is 2.51. The molecule has 10 nitrogen and oxygen atoms in total. The maximum absolute atomic E-state index is 13.8. The molecule has 10 heteroatoms. The highest BCUT2D eigenvalue weighted by molar-refractivity contribution is 5.94. The van der Waals surface area contributed by atoms with E-state index in [1.807, 2.05) is 51.1 Å². The van der Waals surface area contributed by atoms with E-state index in [2.05, 4.69) is 15.5 Å². The van der Waals surface area contributed by atoms with Gasteiger partial charge in [0.15, 0.2) is 0 Å². The lowest BCUT2D eigenvalue weighted by Gasteiger charge is -2.45. The van der Waals surface area contributed by atoms with Crippen LogP contribution >= 0.6 is 0 Å². The van der Waals surface area contributed by atoms with Crippen molar-refractivity contribution in [2.24, 2.45) is 17.3 Å². The van der Waals surface area contributed by atoms with Crippen LogP contribution in [0.4, 0.5) is 5.69 Å². The van der Waals surface area contributed by atoms with Gasteiger partial charge in [-0.25, -0.2) is 5.06 Å². The van der Waals surface area contributed by atoms with Crippen LogP contribution in [0, 0.1) is 17.3 Å².